The van der Waals surface area contributed by atoms with E-state index in [9.17, 15) is 9.59 Å². The number of piperidine rings is 1. The zero-order valence-electron chi connectivity index (χ0n) is 15.7. The van der Waals surface area contributed by atoms with Crippen LogP contribution in [0, 0.1) is 11.8 Å². The van der Waals surface area contributed by atoms with Crippen LogP contribution in [0.4, 0.5) is 0 Å². The Kier molecular flexibility index (Phi) is 5.01. The van der Waals surface area contributed by atoms with E-state index in [-0.39, 0.29) is 17.7 Å². The zero-order chi connectivity index (χ0) is 18.8. The summed E-state index contributed by atoms with van der Waals surface area (Å²) in [4.78, 5) is 27.5. The highest BCUT2D eigenvalue weighted by molar-refractivity contribution is 6.08. The second-order valence-corrected chi connectivity index (χ2v) is 7.64. The maximum atomic E-state index is 13.2. The van der Waals surface area contributed by atoms with Crippen molar-refractivity contribution in [3.05, 3.63) is 42.0 Å². The number of carbonyl (C=O) groups is 2. The number of ether oxygens (including phenoxy) is 1. The summed E-state index contributed by atoms with van der Waals surface area (Å²) in [5, 5.41) is 4.89. The van der Waals surface area contributed by atoms with Crippen LogP contribution >= 0.6 is 0 Å². The number of benzene rings is 2. The Hall–Kier alpha value is -2.56. The van der Waals surface area contributed by atoms with Gasteiger partial charge < -0.3 is 15.0 Å². The number of carbonyl (C=O) groups excluding carboxylic acids is 2. The minimum absolute atomic E-state index is 0.00598. The summed E-state index contributed by atoms with van der Waals surface area (Å²) < 4.78 is 5.43. The van der Waals surface area contributed by atoms with Gasteiger partial charge in [0.2, 0.25) is 5.91 Å². The van der Waals surface area contributed by atoms with Gasteiger partial charge in [0.25, 0.3) is 5.91 Å². The van der Waals surface area contributed by atoms with Crippen molar-refractivity contribution in [2.45, 2.75) is 25.7 Å². The molecule has 4 rings (SSSR count). The number of methoxy groups -OCH3 is 1. The molecule has 0 spiro atoms. The smallest absolute Gasteiger partial charge is 0.254 e. The Morgan fingerprint density at radius 3 is 2.63 bits per heavy atom. The lowest BCUT2D eigenvalue weighted by molar-refractivity contribution is -0.126. The van der Waals surface area contributed by atoms with Crippen LogP contribution in [-0.2, 0) is 4.79 Å². The third-order valence-electron chi connectivity index (χ3n) is 5.68. The second kappa shape index (κ2) is 7.59. The maximum absolute atomic E-state index is 13.2. The molecule has 2 amide bonds. The molecule has 2 aliphatic rings. The predicted molar refractivity (Wildman–Crippen MR) is 105 cm³/mol. The number of fused-ring (bicyclic) bond motifs is 1. The molecule has 0 radical (unpaired) electrons. The molecule has 1 aliphatic heterocycles. The Balaban J connectivity index is 1.52. The van der Waals surface area contributed by atoms with Gasteiger partial charge in [-0.25, -0.2) is 0 Å². The fourth-order valence-electron chi connectivity index (χ4n) is 3.89. The van der Waals surface area contributed by atoms with Crippen LogP contribution in [0.2, 0.25) is 0 Å². The van der Waals surface area contributed by atoms with Crippen LogP contribution in [0.1, 0.15) is 36.0 Å². The molecule has 2 aromatic carbocycles. The normalized spacial score (nSPS) is 19.7. The van der Waals surface area contributed by atoms with Crippen LogP contribution in [0.15, 0.2) is 36.4 Å². The fraction of sp³-hybridized carbons (Fsp3) is 0.455. The van der Waals surface area contributed by atoms with E-state index in [4.69, 9.17) is 4.74 Å². The number of hydrogen-bond donors (Lipinski definition) is 1. The number of amides is 2. The average Bonchev–Trinajstić information content (AvgIpc) is 3.55. The highest BCUT2D eigenvalue weighted by atomic mass is 16.5. The molecule has 0 bridgehead atoms. The third kappa shape index (κ3) is 3.77. The lowest BCUT2D eigenvalue weighted by Crippen LogP contribution is -2.45. The summed E-state index contributed by atoms with van der Waals surface area (Å²) >= 11 is 0. The monoisotopic (exact) mass is 366 g/mol. The van der Waals surface area contributed by atoms with Crippen LogP contribution < -0.4 is 10.1 Å². The molecule has 1 atom stereocenters. The number of nitrogens with one attached hydrogen (secondary N) is 1. The van der Waals surface area contributed by atoms with E-state index in [2.05, 4.69) is 5.32 Å². The molecule has 1 aliphatic carbocycles. The van der Waals surface area contributed by atoms with Crippen molar-refractivity contribution in [1.82, 2.24) is 10.2 Å². The van der Waals surface area contributed by atoms with Crippen LogP contribution in [0.5, 0.6) is 5.75 Å². The number of rotatable bonds is 5. The first kappa shape index (κ1) is 17.8. The topological polar surface area (TPSA) is 58.6 Å². The molecule has 0 unspecified atom stereocenters. The lowest BCUT2D eigenvalue weighted by atomic mass is 9.95. The molecule has 1 saturated heterocycles. The number of nitrogens with zero attached hydrogens (tertiary/aromatic N) is 1. The third-order valence-corrected chi connectivity index (χ3v) is 5.68. The van der Waals surface area contributed by atoms with E-state index in [1.165, 1.54) is 12.8 Å². The molecule has 2 aromatic rings. The Morgan fingerprint density at radius 1 is 1.11 bits per heavy atom. The highest BCUT2D eigenvalue weighted by Gasteiger charge is 2.30. The first-order chi connectivity index (χ1) is 13.2. The van der Waals surface area contributed by atoms with Crippen molar-refractivity contribution in [2.24, 2.45) is 11.8 Å². The van der Waals surface area contributed by atoms with Gasteiger partial charge in [0.15, 0.2) is 0 Å². The van der Waals surface area contributed by atoms with Crippen LogP contribution in [0.25, 0.3) is 10.8 Å². The van der Waals surface area contributed by atoms with Crippen molar-refractivity contribution in [3.63, 3.8) is 0 Å². The van der Waals surface area contributed by atoms with Crippen molar-refractivity contribution in [3.8, 4) is 5.75 Å². The van der Waals surface area contributed by atoms with E-state index >= 15 is 0 Å². The van der Waals surface area contributed by atoms with E-state index in [0.717, 1.165) is 35.9 Å². The van der Waals surface area contributed by atoms with E-state index in [1.54, 1.807) is 7.11 Å². The predicted octanol–water partition coefficient (Wildman–Crippen LogP) is 3.23. The van der Waals surface area contributed by atoms with Crippen molar-refractivity contribution in [1.29, 1.82) is 0 Å². The molecule has 5 heteroatoms. The molecule has 1 N–H and O–H groups in total. The van der Waals surface area contributed by atoms with Crippen molar-refractivity contribution < 1.29 is 14.3 Å². The number of likely N-dealkylation sites (tertiary alicyclic amines) is 1. The van der Waals surface area contributed by atoms with Crippen LogP contribution in [0.3, 0.4) is 0 Å². The summed E-state index contributed by atoms with van der Waals surface area (Å²) in [5.41, 5.74) is 0.672. The minimum atomic E-state index is -0.106. The van der Waals surface area contributed by atoms with Gasteiger partial charge in [-0.15, -0.1) is 0 Å². The summed E-state index contributed by atoms with van der Waals surface area (Å²) in [6.07, 6.45) is 4.16. The SMILES string of the molecule is COc1ccc(C(=O)N2CCC[C@@H](C(=O)NCC3CC3)C2)c2ccccc12. The molecule has 0 aromatic heterocycles. The van der Waals surface area contributed by atoms with Gasteiger partial charge in [-0.2, -0.15) is 0 Å². The zero-order valence-corrected chi connectivity index (χ0v) is 15.7. The molecule has 5 nitrogen and oxygen atoms in total. The molecular formula is C22H26N2O3. The Morgan fingerprint density at radius 2 is 1.89 bits per heavy atom. The van der Waals surface area contributed by atoms with Gasteiger partial charge in [0.05, 0.1) is 13.0 Å². The summed E-state index contributed by atoms with van der Waals surface area (Å²) in [6.45, 7) is 1.98. The van der Waals surface area contributed by atoms with E-state index in [0.29, 0.717) is 24.6 Å². The molecule has 27 heavy (non-hydrogen) atoms. The Labute approximate surface area is 159 Å². The quantitative estimate of drug-likeness (QED) is 0.884. The number of hydrogen-bond acceptors (Lipinski definition) is 3. The van der Waals surface area contributed by atoms with Gasteiger partial charge >= 0.3 is 0 Å². The second-order valence-electron chi connectivity index (χ2n) is 7.64. The summed E-state index contributed by atoms with van der Waals surface area (Å²) in [5.74, 6) is 1.41. The van der Waals surface area contributed by atoms with Gasteiger partial charge in [0, 0.05) is 30.6 Å². The van der Waals surface area contributed by atoms with Gasteiger partial charge in [-0.3, -0.25) is 9.59 Å². The van der Waals surface area contributed by atoms with E-state index < -0.39 is 0 Å². The summed E-state index contributed by atoms with van der Waals surface area (Å²) in [6, 6.07) is 11.5. The molecule has 2 fully saturated rings. The van der Waals surface area contributed by atoms with Crippen molar-refractivity contribution in [2.75, 3.05) is 26.7 Å². The first-order valence-corrected chi connectivity index (χ1v) is 9.80. The first-order valence-electron chi connectivity index (χ1n) is 9.80. The Bertz CT molecular complexity index is 860. The molecule has 142 valence electrons. The maximum Gasteiger partial charge on any atom is 0.254 e. The largest absolute Gasteiger partial charge is 0.496 e. The summed E-state index contributed by atoms with van der Waals surface area (Å²) in [7, 11) is 1.64. The fourth-order valence-corrected chi connectivity index (χ4v) is 3.89. The molecule has 1 heterocycles. The van der Waals surface area contributed by atoms with Crippen LogP contribution in [-0.4, -0.2) is 43.5 Å². The highest BCUT2D eigenvalue weighted by Crippen LogP contribution is 2.30. The van der Waals surface area contributed by atoms with Gasteiger partial charge in [-0.1, -0.05) is 24.3 Å². The van der Waals surface area contributed by atoms with Crippen molar-refractivity contribution >= 4 is 22.6 Å². The van der Waals surface area contributed by atoms with Gasteiger partial charge in [0.1, 0.15) is 5.75 Å². The van der Waals surface area contributed by atoms with Gasteiger partial charge in [-0.05, 0) is 49.1 Å². The average molecular weight is 366 g/mol. The lowest BCUT2D eigenvalue weighted by Gasteiger charge is -2.32. The molecule has 1 saturated carbocycles. The molecular weight excluding hydrogens is 340 g/mol. The standard InChI is InChI=1S/C22H26N2O3/c1-27-20-11-10-19(17-6-2-3-7-18(17)20)22(26)24-12-4-5-16(14-24)21(25)23-13-15-8-9-15/h2-3,6-7,10-11,15-16H,4-5,8-9,12-14H2,1H3,(H,23,25)/t16-/m1/s1. The minimum Gasteiger partial charge on any atom is -0.496 e. The van der Waals surface area contributed by atoms with E-state index in [1.807, 2.05) is 41.3 Å².